The molecule has 0 unspecified atom stereocenters. The highest BCUT2D eigenvalue weighted by atomic mass is 35.5. The van der Waals surface area contributed by atoms with Crippen LogP contribution in [0.5, 0.6) is 11.5 Å². The molecule has 3 rings (SSSR count). The molecule has 0 saturated carbocycles. The molecule has 0 radical (unpaired) electrons. The predicted octanol–water partition coefficient (Wildman–Crippen LogP) is 3.64. The van der Waals surface area contributed by atoms with Gasteiger partial charge in [-0.15, -0.1) is 0 Å². The molecule has 1 amide bonds. The Bertz CT molecular complexity index is 1170. The number of ether oxygens (including phenoxy) is 2. The second-order valence-electron chi connectivity index (χ2n) is 6.78. The number of amides is 1. The van der Waals surface area contributed by atoms with Gasteiger partial charge in [0.1, 0.15) is 5.56 Å². The number of nitrogens with zero attached hydrogens (tertiary/aromatic N) is 2. The Labute approximate surface area is 184 Å². The summed E-state index contributed by atoms with van der Waals surface area (Å²) < 4.78 is 11.9. The van der Waals surface area contributed by atoms with Crippen LogP contribution >= 0.6 is 11.6 Å². The molecule has 2 aromatic carbocycles. The summed E-state index contributed by atoms with van der Waals surface area (Å²) in [5.41, 5.74) is 4.67. The summed E-state index contributed by atoms with van der Waals surface area (Å²) in [6.45, 7) is 2.37. The zero-order valence-electron chi connectivity index (χ0n) is 17.4. The van der Waals surface area contributed by atoms with E-state index >= 15 is 0 Å². The van der Waals surface area contributed by atoms with Crippen molar-refractivity contribution in [3.8, 4) is 11.5 Å². The Morgan fingerprint density at radius 2 is 1.90 bits per heavy atom. The lowest BCUT2D eigenvalue weighted by molar-refractivity contribution is 0.0953. The van der Waals surface area contributed by atoms with Crippen molar-refractivity contribution in [2.24, 2.45) is 5.10 Å². The van der Waals surface area contributed by atoms with Gasteiger partial charge in [-0.2, -0.15) is 5.10 Å². The molecular formula is C23H22ClN3O4. The molecule has 0 bridgehead atoms. The van der Waals surface area contributed by atoms with Crippen LogP contribution in [0.3, 0.4) is 0 Å². The third-order valence-electron chi connectivity index (χ3n) is 4.57. The van der Waals surface area contributed by atoms with Crippen LogP contribution in [0.25, 0.3) is 0 Å². The monoisotopic (exact) mass is 439 g/mol. The van der Waals surface area contributed by atoms with Crippen LogP contribution in [0.4, 0.5) is 0 Å². The van der Waals surface area contributed by atoms with E-state index in [1.165, 1.54) is 31.1 Å². The van der Waals surface area contributed by atoms with E-state index in [0.29, 0.717) is 28.6 Å². The number of methoxy groups -OCH3 is 2. The van der Waals surface area contributed by atoms with Crippen LogP contribution in [0.2, 0.25) is 5.02 Å². The van der Waals surface area contributed by atoms with Crippen LogP contribution in [-0.4, -0.2) is 30.9 Å². The van der Waals surface area contributed by atoms with Crippen LogP contribution in [0.15, 0.2) is 64.6 Å². The lowest BCUT2D eigenvalue weighted by Gasteiger charge is -2.10. The van der Waals surface area contributed by atoms with Gasteiger partial charge in [0.25, 0.3) is 11.5 Å². The Morgan fingerprint density at radius 3 is 2.58 bits per heavy atom. The summed E-state index contributed by atoms with van der Waals surface area (Å²) in [7, 11) is 2.98. The highest BCUT2D eigenvalue weighted by Crippen LogP contribution is 2.35. The van der Waals surface area contributed by atoms with Gasteiger partial charge in [0.2, 0.25) is 0 Å². The average Bonchev–Trinajstić information content (AvgIpc) is 2.76. The lowest BCUT2D eigenvalue weighted by atomic mass is 10.1. The smallest absolute Gasteiger partial charge is 0.276 e. The fourth-order valence-electron chi connectivity index (χ4n) is 2.96. The molecule has 7 nitrogen and oxygen atoms in total. The fraction of sp³-hybridized carbons (Fsp3) is 0.174. The number of hydrogen-bond donors (Lipinski definition) is 1. The van der Waals surface area contributed by atoms with Gasteiger partial charge < -0.3 is 14.0 Å². The first-order valence-corrected chi connectivity index (χ1v) is 9.80. The Balaban J connectivity index is 1.74. The number of nitrogens with one attached hydrogen (secondary N) is 1. The lowest BCUT2D eigenvalue weighted by Crippen LogP contribution is -2.30. The summed E-state index contributed by atoms with van der Waals surface area (Å²) >= 11 is 6.17. The zero-order valence-corrected chi connectivity index (χ0v) is 18.1. The summed E-state index contributed by atoms with van der Waals surface area (Å²) in [6.07, 6.45) is 3.05. The second kappa shape index (κ2) is 9.95. The minimum absolute atomic E-state index is 0.00268. The van der Waals surface area contributed by atoms with Crippen molar-refractivity contribution in [1.82, 2.24) is 9.99 Å². The first-order chi connectivity index (χ1) is 14.9. The van der Waals surface area contributed by atoms with E-state index in [4.69, 9.17) is 21.1 Å². The molecule has 1 heterocycles. The summed E-state index contributed by atoms with van der Waals surface area (Å²) in [5, 5.41) is 4.27. The van der Waals surface area contributed by atoms with Gasteiger partial charge in [-0.05, 0) is 42.3 Å². The molecule has 3 aromatic rings. The standard InChI is InChI=1S/C23H22ClN3O4/c1-15-6-8-16(9-7-15)14-27-10-4-5-18(23(27)29)22(28)26-25-13-17-11-19(24)21(31-3)20(12-17)30-2/h4-13H,14H2,1-3H3,(H,26,28)/b25-13-. The van der Waals surface area contributed by atoms with Crippen LogP contribution in [0.1, 0.15) is 27.0 Å². The van der Waals surface area contributed by atoms with Crippen LogP contribution < -0.4 is 20.5 Å². The zero-order chi connectivity index (χ0) is 22.4. The topological polar surface area (TPSA) is 81.9 Å². The van der Waals surface area contributed by atoms with Gasteiger partial charge in [0.15, 0.2) is 11.5 Å². The maximum atomic E-state index is 12.7. The number of benzene rings is 2. The van der Waals surface area contributed by atoms with E-state index in [-0.39, 0.29) is 5.56 Å². The van der Waals surface area contributed by atoms with Crippen molar-refractivity contribution in [2.75, 3.05) is 14.2 Å². The number of halogens is 1. The molecule has 31 heavy (non-hydrogen) atoms. The van der Waals surface area contributed by atoms with Crippen molar-refractivity contribution < 1.29 is 14.3 Å². The summed E-state index contributed by atoms with van der Waals surface area (Å²) in [4.78, 5) is 25.2. The largest absolute Gasteiger partial charge is 0.493 e. The third-order valence-corrected chi connectivity index (χ3v) is 4.85. The van der Waals surface area contributed by atoms with E-state index in [1.807, 2.05) is 31.2 Å². The number of pyridine rings is 1. The van der Waals surface area contributed by atoms with E-state index in [1.54, 1.807) is 24.4 Å². The van der Waals surface area contributed by atoms with Crippen molar-refractivity contribution in [1.29, 1.82) is 0 Å². The summed E-state index contributed by atoms with van der Waals surface area (Å²) in [6, 6.07) is 14.3. The molecule has 0 aliphatic rings. The molecule has 0 saturated heterocycles. The number of carbonyl (C=O) groups is 1. The number of aryl methyl sites for hydroxylation is 1. The molecule has 0 atom stereocenters. The molecule has 160 valence electrons. The van der Waals surface area contributed by atoms with Crippen LogP contribution in [-0.2, 0) is 6.54 Å². The molecule has 0 spiro atoms. The SMILES string of the molecule is COc1cc(/C=N\NC(=O)c2cccn(Cc3ccc(C)cc3)c2=O)cc(Cl)c1OC. The number of carbonyl (C=O) groups excluding carboxylic acids is 1. The first-order valence-electron chi connectivity index (χ1n) is 9.43. The van der Waals surface area contributed by atoms with Gasteiger partial charge in [-0.1, -0.05) is 41.4 Å². The van der Waals surface area contributed by atoms with Crippen molar-refractivity contribution >= 4 is 23.7 Å². The molecule has 1 aromatic heterocycles. The Hall–Kier alpha value is -3.58. The molecule has 1 N–H and O–H groups in total. The van der Waals surface area contributed by atoms with Crippen molar-refractivity contribution in [3.05, 3.63) is 92.4 Å². The number of hydrazone groups is 1. The maximum Gasteiger partial charge on any atom is 0.276 e. The fourth-order valence-corrected chi connectivity index (χ4v) is 3.26. The van der Waals surface area contributed by atoms with Gasteiger partial charge in [-0.3, -0.25) is 9.59 Å². The first kappa shape index (κ1) is 22.1. The highest BCUT2D eigenvalue weighted by molar-refractivity contribution is 6.32. The van der Waals surface area contributed by atoms with Gasteiger partial charge >= 0.3 is 0 Å². The third kappa shape index (κ3) is 5.32. The Morgan fingerprint density at radius 1 is 1.16 bits per heavy atom. The average molecular weight is 440 g/mol. The van der Waals surface area contributed by atoms with E-state index in [9.17, 15) is 9.59 Å². The quantitative estimate of drug-likeness (QED) is 0.450. The van der Waals surface area contributed by atoms with Crippen LogP contribution in [0, 0.1) is 6.92 Å². The molecule has 0 fully saturated rings. The van der Waals surface area contributed by atoms with E-state index in [0.717, 1.165) is 11.1 Å². The maximum absolute atomic E-state index is 12.7. The molecular weight excluding hydrogens is 418 g/mol. The minimum Gasteiger partial charge on any atom is -0.493 e. The number of hydrogen-bond acceptors (Lipinski definition) is 5. The number of aromatic nitrogens is 1. The van der Waals surface area contributed by atoms with Crippen molar-refractivity contribution in [2.45, 2.75) is 13.5 Å². The molecule has 0 aliphatic heterocycles. The van der Waals surface area contributed by atoms with Gasteiger partial charge in [0, 0.05) is 6.20 Å². The predicted molar refractivity (Wildman–Crippen MR) is 121 cm³/mol. The van der Waals surface area contributed by atoms with Gasteiger partial charge in [-0.25, -0.2) is 5.43 Å². The van der Waals surface area contributed by atoms with E-state index in [2.05, 4.69) is 10.5 Å². The summed E-state index contributed by atoms with van der Waals surface area (Å²) in [5.74, 6) is 0.236. The molecule has 8 heteroatoms. The van der Waals surface area contributed by atoms with Crippen molar-refractivity contribution in [3.63, 3.8) is 0 Å². The number of rotatable bonds is 7. The second-order valence-corrected chi connectivity index (χ2v) is 7.19. The van der Waals surface area contributed by atoms with Gasteiger partial charge in [0.05, 0.1) is 32.0 Å². The van der Waals surface area contributed by atoms with E-state index < -0.39 is 11.5 Å². The Kier molecular flexibility index (Phi) is 7.10. The normalized spacial score (nSPS) is 10.8. The highest BCUT2D eigenvalue weighted by Gasteiger charge is 2.13. The molecule has 0 aliphatic carbocycles. The minimum atomic E-state index is -0.605.